The fourth-order valence-corrected chi connectivity index (χ4v) is 5.09. The van der Waals surface area contributed by atoms with Crippen molar-refractivity contribution in [3.05, 3.63) is 70.8 Å². The topological polar surface area (TPSA) is 78.3 Å². The number of rotatable bonds is 7. The normalized spacial score (nSPS) is 16.1. The lowest BCUT2D eigenvalue weighted by molar-refractivity contribution is 0.231. The molecule has 0 spiro atoms. The van der Waals surface area contributed by atoms with Crippen LogP contribution in [-0.4, -0.2) is 41.1 Å². The largest absolute Gasteiger partial charge is 0.497 e. The Labute approximate surface area is 196 Å². The van der Waals surface area contributed by atoms with E-state index in [0.717, 1.165) is 40.2 Å². The molecule has 4 heterocycles. The van der Waals surface area contributed by atoms with Gasteiger partial charge in [-0.3, -0.25) is 4.79 Å². The van der Waals surface area contributed by atoms with Crippen LogP contribution >= 0.6 is 11.3 Å². The second-order valence-corrected chi connectivity index (χ2v) is 9.21. The summed E-state index contributed by atoms with van der Waals surface area (Å²) < 4.78 is 13.3. The first-order valence-corrected chi connectivity index (χ1v) is 12.0. The Morgan fingerprint density at radius 3 is 2.85 bits per heavy atom. The predicted molar refractivity (Wildman–Crippen MR) is 130 cm³/mol. The predicted octanol–water partition coefficient (Wildman–Crippen LogP) is 4.10. The lowest BCUT2D eigenvalue weighted by Crippen LogP contribution is -2.38. The first-order chi connectivity index (χ1) is 16.2. The van der Waals surface area contributed by atoms with Gasteiger partial charge in [-0.15, -0.1) is 11.3 Å². The highest BCUT2D eigenvalue weighted by Crippen LogP contribution is 2.32. The Bertz CT molecular complexity index is 1290. The number of aromatic nitrogens is 3. The van der Waals surface area contributed by atoms with Gasteiger partial charge in [-0.1, -0.05) is 12.5 Å². The number of ether oxygens (including phenoxy) is 2. The number of hydrogen-bond donors (Lipinski definition) is 1. The third kappa shape index (κ3) is 4.91. The van der Waals surface area contributed by atoms with Crippen molar-refractivity contribution in [3.8, 4) is 22.1 Å². The second-order valence-electron chi connectivity index (χ2n) is 8.16. The highest BCUT2D eigenvalue weighted by Gasteiger charge is 2.14. The summed E-state index contributed by atoms with van der Waals surface area (Å²) in [6.45, 7) is 1.94. The van der Waals surface area contributed by atoms with Crippen LogP contribution < -0.4 is 20.3 Å². The van der Waals surface area contributed by atoms with Gasteiger partial charge in [-0.05, 0) is 61.3 Å². The Morgan fingerprint density at radius 1 is 1.18 bits per heavy atom. The maximum absolute atomic E-state index is 13.1. The summed E-state index contributed by atoms with van der Waals surface area (Å²) in [5.41, 5.74) is 1.67. The van der Waals surface area contributed by atoms with Crippen molar-refractivity contribution in [1.29, 1.82) is 0 Å². The summed E-state index contributed by atoms with van der Waals surface area (Å²) in [5.74, 6) is 1.38. The van der Waals surface area contributed by atoms with Crippen LogP contribution in [0.15, 0.2) is 59.5 Å². The smallest absolute Gasteiger partial charge is 0.285 e. The first-order valence-electron chi connectivity index (χ1n) is 11.2. The molecule has 5 rings (SSSR count). The molecule has 1 aliphatic heterocycles. The van der Waals surface area contributed by atoms with E-state index in [-0.39, 0.29) is 5.56 Å². The molecule has 0 saturated carbocycles. The molecular formula is C25H26N4O3S. The molecule has 1 unspecified atom stereocenters. The highest BCUT2D eigenvalue weighted by molar-refractivity contribution is 7.22. The Hall–Kier alpha value is -3.23. The van der Waals surface area contributed by atoms with Gasteiger partial charge in [0.2, 0.25) is 5.88 Å². The van der Waals surface area contributed by atoms with E-state index >= 15 is 0 Å². The van der Waals surface area contributed by atoms with Crippen LogP contribution in [0.5, 0.6) is 11.6 Å². The van der Waals surface area contributed by atoms with Crippen molar-refractivity contribution < 1.29 is 9.47 Å². The molecule has 1 saturated heterocycles. The van der Waals surface area contributed by atoms with Crippen molar-refractivity contribution in [2.45, 2.75) is 31.8 Å². The summed E-state index contributed by atoms with van der Waals surface area (Å²) in [5, 5.41) is 8.70. The molecule has 1 N–H and O–H groups in total. The number of thiophene rings is 1. The fraction of sp³-hybridized carbons (Fsp3) is 0.320. The van der Waals surface area contributed by atoms with Crippen LogP contribution in [-0.2, 0) is 6.54 Å². The van der Waals surface area contributed by atoms with Crippen LogP contribution in [0.25, 0.3) is 20.5 Å². The number of nitrogens with zero attached hydrogens (tertiary/aromatic N) is 3. The standard InChI is InChI=1S/C25H26N4O3S/c1-31-21-10-8-17(9-11-21)22-13-18-14-27-29(25(30)24(18)33-22)15-19-6-4-7-23(28-19)32-16-20-5-2-3-12-26-20/h4,6-11,13-14,20,26H,2-3,5,12,15-16H2,1H3. The SMILES string of the molecule is COc1ccc(-c2cc3cnn(Cc4cccc(OCC5CCCCN5)n4)c(=O)c3s2)cc1. The molecule has 33 heavy (non-hydrogen) atoms. The lowest BCUT2D eigenvalue weighted by Gasteiger charge is -2.23. The van der Waals surface area contributed by atoms with Gasteiger partial charge in [0.05, 0.1) is 25.5 Å². The molecule has 3 aromatic heterocycles. The van der Waals surface area contributed by atoms with Gasteiger partial charge in [0.15, 0.2) is 0 Å². The van der Waals surface area contributed by atoms with E-state index in [1.54, 1.807) is 13.3 Å². The zero-order valence-corrected chi connectivity index (χ0v) is 19.3. The van der Waals surface area contributed by atoms with Crippen LogP contribution in [0, 0.1) is 0 Å². The van der Waals surface area contributed by atoms with Crippen LogP contribution in [0.1, 0.15) is 25.0 Å². The van der Waals surface area contributed by atoms with Crippen LogP contribution in [0.2, 0.25) is 0 Å². The van der Waals surface area contributed by atoms with E-state index in [0.29, 0.717) is 29.8 Å². The minimum absolute atomic E-state index is 0.114. The van der Waals surface area contributed by atoms with E-state index < -0.39 is 0 Å². The molecule has 0 amide bonds. The first kappa shape index (κ1) is 21.6. The number of nitrogens with one attached hydrogen (secondary N) is 1. The number of piperidine rings is 1. The Kier molecular flexibility index (Phi) is 6.37. The minimum atomic E-state index is -0.114. The minimum Gasteiger partial charge on any atom is -0.497 e. The van der Waals surface area contributed by atoms with E-state index in [9.17, 15) is 4.79 Å². The van der Waals surface area contributed by atoms with Crippen molar-refractivity contribution in [2.75, 3.05) is 20.3 Å². The molecule has 4 aromatic rings. The average molecular weight is 463 g/mol. The van der Waals surface area contributed by atoms with Gasteiger partial charge >= 0.3 is 0 Å². The van der Waals surface area contributed by atoms with E-state index in [1.807, 2.05) is 48.5 Å². The molecular weight excluding hydrogens is 436 g/mol. The zero-order valence-electron chi connectivity index (χ0n) is 18.5. The van der Waals surface area contributed by atoms with Crippen molar-refractivity contribution in [3.63, 3.8) is 0 Å². The third-order valence-electron chi connectivity index (χ3n) is 5.84. The van der Waals surface area contributed by atoms with Crippen LogP contribution in [0.4, 0.5) is 0 Å². The van der Waals surface area contributed by atoms with Crippen molar-refractivity contribution in [2.24, 2.45) is 0 Å². The van der Waals surface area contributed by atoms with Gasteiger partial charge in [-0.25, -0.2) is 9.67 Å². The van der Waals surface area contributed by atoms with Gasteiger partial charge in [0.1, 0.15) is 17.1 Å². The molecule has 1 aliphatic rings. The number of pyridine rings is 1. The van der Waals surface area contributed by atoms with Crippen molar-refractivity contribution in [1.82, 2.24) is 20.1 Å². The maximum Gasteiger partial charge on any atom is 0.285 e. The number of methoxy groups -OCH3 is 1. The Balaban J connectivity index is 1.33. The summed E-state index contributed by atoms with van der Waals surface area (Å²) in [7, 11) is 1.65. The molecule has 8 heteroatoms. The number of benzene rings is 1. The van der Waals surface area contributed by atoms with Gasteiger partial charge < -0.3 is 14.8 Å². The molecule has 1 fully saturated rings. The summed E-state index contributed by atoms with van der Waals surface area (Å²) in [6, 6.07) is 15.8. The van der Waals surface area contributed by atoms with Crippen molar-refractivity contribution >= 4 is 21.4 Å². The lowest BCUT2D eigenvalue weighted by atomic mass is 10.1. The molecule has 170 valence electrons. The average Bonchev–Trinajstić information content (AvgIpc) is 3.31. The highest BCUT2D eigenvalue weighted by atomic mass is 32.1. The monoisotopic (exact) mass is 462 g/mol. The summed E-state index contributed by atoms with van der Waals surface area (Å²) in [4.78, 5) is 18.7. The van der Waals surface area contributed by atoms with E-state index in [1.165, 1.54) is 28.9 Å². The molecule has 0 radical (unpaired) electrons. The number of hydrogen-bond acceptors (Lipinski definition) is 7. The fourth-order valence-electron chi connectivity index (χ4n) is 4.01. The van der Waals surface area contributed by atoms with E-state index in [2.05, 4.69) is 15.4 Å². The summed E-state index contributed by atoms with van der Waals surface area (Å²) >= 11 is 1.48. The Morgan fingerprint density at radius 2 is 2.06 bits per heavy atom. The molecule has 1 aromatic carbocycles. The molecule has 0 aliphatic carbocycles. The number of fused-ring (bicyclic) bond motifs is 1. The molecule has 1 atom stereocenters. The summed E-state index contributed by atoms with van der Waals surface area (Å²) in [6.07, 6.45) is 5.32. The quantitative estimate of drug-likeness (QED) is 0.446. The maximum atomic E-state index is 13.1. The van der Waals surface area contributed by atoms with Gasteiger partial charge in [0, 0.05) is 22.4 Å². The third-order valence-corrected chi connectivity index (χ3v) is 7.03. The van der Waals surface area contributed by atoms with Gasteiger partial charge in [-0.2, -0.15) is 5.10 Å². The zero-order chi connectivity index (χ0) is 22.6. The molecule has 7 nitrogen and oxygen atoms in total. The van der Waals surface area contributed by atoms with Gasteiger partial charge in [0.25, 0.3) is 5.56 Å². The van der Waals surface area contributed by atoms with E-state index in [4.69, 9.17) is 9.47 Å². The second kappa shape index (κ2) is 9.72. The molecule has 0 bridgehead atoms. The van der Waals surface area contributed by atoms with Crippen LogP contribution in [0.3, 0.4) is 0 Å².